The van der Waals surface area contributed by atoms with Crippen LogP contribution in [-0.4, -0.2) is 20.6 Å². The first kappa shape index (κ1) is 11.5. The second-order valence-electron chi connectivity index (χ2n) is 5.50. The van der Waals surface area contributed by atoms with E-state index >= 15 is 0 Å². The van der Waals surface area contributed by atoms with Gasteiger partial charge in [-0.05, 0) is 31.7 Å². The zero-order chi connectivity index (χ0) is 12.5. The molecule has 0 aliphatic heterocycles. The van der Waals surface area contributed by atoms with Gasteiger partial charge in [0.15, 0.2) is 5.82 Å². The summed E-state index contributed by atoms with van der Waals surface area (Å²) in [5.41, 5.74) is 2.11. The molecule has 1 N–H and O–H groups in total. The van der Waals surface area contributed by atoms with Gasteiger partial charge in [0.05, 0.1) is 5.69 Å². The van der Waals surface area contributed by atoms with Gasteiger partial charge < -0.3 is 5.32 Å². The molecule has 2 aromatic rings. The van der Waals surface area contributed by atoms with Crippen LogP contribution in [0.2, 0.25) is 0 Å². The van der Waals surface area contributed by atoms with Crippen molar-refractivity contribution in [2.24, 2.45) is 5.92 Å². The Labute approximate surface area is 107 Å². The lowest BCUT2D eigenvalue weighted by molar-refractivity contribution is 0.358. The Balaban J connectivity index is 1.85. The van der Waals surface area contributed by atoms with Crippen molar-refractivity contribution >= 4 is 11.3 Å². The molecule has 2 heterocycles. The predicted octanol–water partition coefficient (Wildman–Crippen LogP) is 3.03. The molecule has 1 aliphatic rings. The van der Waals surface area contributed by atoms with Crippen LogP contribution < -0.4 is 5.32 Å². The van der Waals surface area contributed by atoms with Crippen molar-refractivity contribution in [1.82, 2.24) is 14.6 Å². The minimum atomic E-state index is 0.558. The molecule has 2 unspecified atom stereocenters. The largest absolute Gasteiger partial charge is 0.366 e. The van der Waals surface area contributed by atoms with Gasteiger partial charge in [-0.2, -0.15) is 5.10 Å². The van der Waals surface area contributed by atoms with Crippen LogP contribution in [0.1, 0.15) is 38.3 Å². The minimum Gasteiger partial charge on any atom is -0.366 e. The quantitative estimate of drug-likeness (QED) is 0.883. The maximum atomic E-state index is 4.47. The van der Waals surface area contributed by atoms with Crippen LogP contribution in [0, 0.1) is 12.8 Å². The van der Waals surface area contributed by atoms with Crippen molar-refractivity contribution in [2.75, 3.05) is 5.32 Å². The molecular weight excluding hydrogens is 224 g/mol. The van der Waals surface area contributed by atoms with Gasteiger partial charge in [0.25, 0.3) is 0 Å². The van der Waals surface area contributed by atoms with Crippen molar-refractivity contribution in [3.8, 4) is 0 Å². The Morgan fingerprint density at radius 1 is 1.39 bits per heavy atom. The lowest BCUT2D eigenvalue weighted by Crippen LogP contribution is -2.26. The van der Waals surface area contributed by atoms with E-state index in [9.17, 15) is 0 Å². The Morgan fingerprint density at radius 3 is 3.11 bits per heavy atom. The van der Waals surface area contributed by atoms with E-state index in [-0.39, 0.29) is 0 Å². The minimum absolute atomic E-state index is 0.558. The molecule has 1 aliphatic carbocycles. The number of aryl methyl sites for hydroxylation is 1. The molecule has 4 heteroatoms. The highest BCUT2D eigenvalue weighted by molar-refractivity contribution is 5.68. The molecule has 0 radical (unpaired) electrons. The fourth-order valence-corrected chi connectivity index (χ4v) is 2.91. The Hall–Kier alpha value is -1.58. The smallest absolute Gasteiger partial charge is 0.152 e. The molecule has 1 fully saturated rings. The average Bonchev–Trinajstić information content (AvgIpc) is 2.71. The van der Waals surface area contributed by atoms with Gasteiger partial charge in [0.2, 0.25) is 0 Å². The fraction of sp³-hybridized carbons (Fsp3) is 0.571. The Morgan fingerprint density at radius 2 is 2.28 bits per heavy atom. The summed E-state index contributed by atoms with van der Waals surface area (Å²) in [6, 6.07) is 2.64. The average molecular weight is 244 g/mol. The maximum Gasteiger partial charge on any atom is 0.152 e. The maximum absolute atomic E-state index is 4.47. The van der Waals surface area contributed by atoms with Crippen LogP contribution in [0.3, 0.4) is 0 Å². The van der Waals surface area contributed by atoms with Crippen LogP contribution in [0.4, 0.5) is 5.82 Å². The zero-order valence-corrected chi connectivity index (χ0v) is 11.1. The molecule has 0 amide bonds. The number of fused-ring (bicyclic) bond motifs is 1. The summed E-state index contributed by atoms with van der Waals surface area (Å²) < 4.78 is 1.90. The van der Waals surface area contributed by atoms with Crippen molar-refractivity contribution in [1.29, 1.82) is 0 Å². The van der Waals surface area contributed by atoms with E-state index in [2.05, 4.69) is 28.4 Å². The second kappa shape index (κ2) is 4.59. The summed E-state index contributed by atoms with van der Waals surface area (Å²) in [5.74, 6) is 1.79. The predicted molar refractivity (Wildman–Crippen MR) is 72.8 cm³/mol. The summed E-state index contributed by atoms with van der Waals surface area (Å²) in [4.78, 5) is 4.47. The van der Waals surface area contributed by atoms with Crippen molar-refractivity contribution in [2.45, 2.75) is 45.6 Å². The summed E-state index contributed by atoms with van der Waals surface area (Å²) >= 11 is 0. The van der Waals surface area contributed by atoms with Crippen LogP contribution in [0.25, 0.3) is 5.52 Å². The van der Waals surface area contributed by atoms with E-state index in [0.29, 0.717) is 6.04 Å². The fourth-order valence-electron chi connectivity index (χ4n) is 2.91. The zero-order valence-electron chi connectivity index (χ0n) is 11.1. The number of nitrogens with one attached hydrogen (secondary N) is 1. The van der Waals surface area contributed by atoms with Crippen molar-refractivity contribution in [3.05, 3.63) is 24.2 Å². The van der Waals surface area contributed by atoms with Gasteiger partial charge in [-0.15, -0.1) is 0 Å². The summed E-state index contributed by atoms with van der Waals surface area (Å²) in [6.07, 6.45) is 8.89. The monoisotopic (exact) mass is 244 g/mol. The van der Waals surface area contributed by atoms with E-state index in [4.69, 9.17) is 0 Å². The summed E-state index contributed by atoms with van der Waals surface area (Å²) in [5, 5.41) is 8.01. The van der Waals surface area contributed by atoms with E-state index in [1.165, 1.54) is 25.7 Å². The Kier molecular flexibility index (Phi) is 2.94. The molecule has 96 valence electrons. The van der Waals surface area contributed by atoms with Crippen LogP contribution in [0.15, 0.2) is 18.5 Å². The van der Waals surface area contributed by atoms with Crippen LogP contribution >= 0.6 is 0 Å². The van der Waals surface area contributed by atoms with Crippen LogP contribution in [-0.2, 0) is 0 Å². The highest BCUT2D eigenvalue weighted by Crippen LogP contribution is 2.26. The molecule has 1 saturated carbocycles. The summed E-state index contributed by atoms with van der Waals surface area (Å²) in [7, 11) is 0. The molecule has 2 atom stereocenters. The topological polar surface area (TPSA) is 42.2 Å². The molecule has 0 spiro atoms. The van der Waals surface area contributed by atoms with E-state index in [0.717, 1.165) is 22.9 Å². The normalized spacial score (nSPS) is 24.3. The standard InChI is InChI=1S/C14H20N4/c1-10-4-3-5-12(8-10)16-14-13-9-11(2)17-18(13)7-6-15-14/h6-7,9-10,12H,3-5,8H2,1-2H3,(H,15,16). The van der Waals surface area contributed by atoms with Gasteiger partial charge in [-0.25, -0.2) is 9.50 Å². The number of hydrogen-bond acceptors (Lipinski definition) is 3. The van der Waals surface area contributed by atoms with Gasteiger partial charge >= 0.3 is 0 Å². The lowest BCUT2D eigenvalue weighted by atomic mass is 9.87. The molecule has 18 heavy (non-hydrogen) atoms. The first-order valence-electron chi connectivity index (χ1n) is 6.80. The van der Waals surface area contributed by atoms with Gasteiger partial charge in [0.1, 0.15) is 5.52 Å². The third kappa shape index (κ3) is 2.19. The highest BCUT2D eigenvalue weighted by atomic mass is 15.2. The molecule has 0 saturated heterocycles. The van der Waals surface area contributed by atoms with Crippen molar-refractivity contribution in [3.63, 3.8) is 0 Å². The molecule has 2 aromatic heterocycles. The van der Waals surface area contributed by atoms with E-state index in [1.54, 1.807) is 0 Å². The van der Waals surface area contributed by atoms with E-state index in [1.807, 2.05) is 23.8 Å². The lowest BCUT2D eigenvalue weighted by Gasteiger charge is -2.27. The molecule has 3 rings (SSSR count). The third-order valence-corrected chi connectivity index (χ3v) is 3.79. The van der Waals surface area contributed by atoms with Gasteiger partial charge in [-0.3, -0.25) is 0 Å². The van der Waals surface area contributed by atoms with Gasteiger partial charge in [0, 0.05) is 18.4 Å². The number of aromatic nitrogens is 3. The van der Waals surface area contributed by atoms with E-state index < -0.39 is 0 Å². The molecule has 0 bridgehead atoms. The number of anilines is 1. The SMILES string of the molecule is Cc1cc2c(NC3CCCC(C)C3)nccn2n1. The molecular formula is C14H20N4. The molecule has 0 aromatic carbocycles. The number of nitrogens with zero attached hydrogens (tertiary/aromatic N) is 3. The first-order valence-corrected chi connectivity index (χ1v) is 6.80. The Bertz CT molecular complexity index is 546. The van der Waals surface area contributed by atoms with Gasteiger partial charge in [-0.1, -0.05) is 19.8 Å². The summed E-state index contributed by atoms with van der Waals surface area (Å²) in [6.45, 7) is 4.35. The van der Waals surface area contributed by atoms with Crippen LogP contribution in [0.5, 0.6) is 0 Å². The first-order chi connectivity index (χ1) is 8.72. The highest BCUT2D eigenvalue weighted by Gasteiger charge is 2.19. The number of hydrogen-bond donors (Lipinski definition) is 1. The third-order valence-electron chi connectivity index (χ3n) is 3.79. The van der Waals surface area contributed by atoms with Crippen molar-refractivity contribution < 1.29 is 0 Å². The second-order valence-corrected chi connectivity index (χ2v) is 5.50. The molecule has 4 nitrogen and oxygen atoms in total. The number of rotatable bonds is 2.